The van der Waals surface area contributed by atoms with Crippen LogP contribution in [0.15, 0.2) is 66.7 Å². The van der Waals surface area contributed by atoms with Crippen LogP contribution < -0.4 is 14.8 Å². The smallest absolute Gasteiger partial charge is 0.229 e. The van der Waals surface area contributed by atoms with Crippen LogP contribution in [0.1, 0.15) is 43.3 Å². The van der Waals surface area contributed by atoms with E-state index in [9.17, 15) is 4.79 Å². The minimum Gasteiger partial charge on any atom is -0.496 e. The summed E-state index contributed by atoms with van der Waals surface area (Å²) >= 11 is 1.57. The van der Waals surface area contributed by atoms with Gasteiger partial charge < -0.3 is 14.8 Å². The van der Waals surface area contributed by atoms with E-state index < -0.39 is 0 Å². The van der Waals surface area contributed by atoms with Crippen molar-refractivity contribution in [3.63, 3.8) is 0 Å². The number of carbonyl (C=O) groups excluding carboxylic acids is 1. The van der Waals surface area contributed by atoms with E-state index in [1.165, 1.54) is 0 Å². The molecule has 1 aromatic heterocycles. The minimum absolute atomic E-state index is 0.0539. The predicted octanol–water partition coefficient (Wildman–Crippen LogP) is 7.18. The van der Waals surface area contributed by atoms with Gasteiger partial charge in [-0.1, -0.05) is 57.2 Å². The molecular weight excluding hydrogens is 456 g/mol. The summed E-state index contributed by atoms with van der Waals surface area (Å²) < 4.78 is 12.1. The fourth-order valence-corrected chi connectivity index (χ4v) is 4.79. The summed E-state index contributed by atoms with van der Waals surface area (Å²) in [6.07, 6.45) is 2.14. The number of hydrogen-bond acceptors (Lipinski definition) is 5. The lowest BCUT2D eigenvalue weighted by Crippen LogP contribution is -2.15. The number of carbonyl (C=O) groups is 1. The lowest BCUT2D eigenvalue weighted by Gasteiger charge is -2.21. The highest BCUT2D eigenvalue weighted by atomic mass is 32.1. The van der Waals surface area contributed by atoms with Gasteiger partial charge in [0.2, 0.25) is 5.91 Å². The number of hydrogen-bond donors (Lipinski definition) is 1. The summed E-state index contributed by atoms with van der Waals surface area (Å²) in [6, 6.07) is 21.7. The monoisotopic (exact) mass is 486 g/mol. The molecule has 3 aromatic carbocycles. The number of benzene rings is 3. The number of fused-ring (bicyclic) bond motifs is 1. The van der Waals surface area contributed by atoms with E-state index in [2.05, 4.69) is 26.1 Å². The van der Waals surface area contributed by atoms with Gasteiger partial charge in [0.05, 0.1) is 36.5 Å². The van der Waals surface area contributed by atoms with Gasteiger partial charge in [-0.15, -0.1) is 11.3 Å². The number of methoxy groups -OCH3 is 2. The lowest BCUT2D eigenvalue weighted by molar-refractivity contribution is -0.115. The van der Waals surface area contributed by atoms with Crippen LogP contribution in [0, 0.1) is 0 Å². The Balaban J connectivity index is 1.70. The zero-order valence-corrected chi connectivity index (χ0v) is 21.5. The first kappa shape index (κ1) is 24.5. The largest absolute Gasteiger partial charge is 0.496 e. The van der Waals surface area contributed by atoms with E-state index in [1.807, 2.05) is 72.8 Å². The Hall–Kier alpha value is -3.64. The molecule has 0 bridgehead atoms. The second-order valence-corrected chi connectivity index (χ2v) is 10.3. The van der Waals surface area contributed by atoms with Gasteiger partial charge in [0, 0.05) is 5.56 Å². The molecule has 0 atom stereocenters. The Morgan fingerprint density at radius 2 is 1.69 bits per heavy atom. The Bertz CT molecular complexity index is 1350. The molecule has 0 aliphatic carbocycles. The van der Waals surface area contributed by atoms with E-state index in [0.717, 1.165) is 37.7 Å². The molecule has 0 radical (unpaired) electrons. The third kappa shape index (κ3) is 5.72. The van der Waals surface area contributed by atoms with Crippen molar-refractivity contribution in [3.8, 4) is 11.5 Å². The number of nitrogens with one attached hydrogen (secondary N) is 1. The van der Waals surface area contributed by atoms with Crippen molar-refractivity contribution >= 4 is 44.8 Å². The van der Waals surface area contributed by atoms with Gasteiger partial charge in [0.1, 0.15) is 16.5 Å². The van der Waals surface area contributed by atoms with Crippen molar-refractivity contribution in [2.45, 2.75) is 32.6 Å². The molecule has 1 amide bonds. The van der Waals surface area contributed by atoms with Crippen molar-refractivity contribution < 1.29 is 14.3 Å². The number of nitrogens with zero attached hydrogens (tertiary/aromatic N) is 1. The van der Waals surface area contributed by atoms with Crippen molar-refractivity contribution in [2.75, 3.05) is 19.5 Å². The molecule has 1 heterocycles. The molecule has 0 fully saturated rings. The lowest BCUT2D eigenvalue weighted by atomic mass is 9.87. The summed E-state index contributed by atoms with van der Waals surface area (Å²) in [5.41, 5.74) is 4.35. The Kier molecular flexibility index (Phi) is 7.22. The van der Waals surface area contributed by atoms with Crippen LogP contribution in [0.5, 0.6) is 11.5 Å². The predicted molar refractivity (Wildman–Crippen MR) is 145 cm³/mol. The summed E-state index contributed by atoms with van der Waals surface area (Å²) in [4.78, 5) is 18.1. The van der Waals surface area contributed by atoms with Crippen molar-refractivity contribution in [1.29, 1.82) is 0 Å². The van der Waals surface area contributed by atoms with Crippen LogP contribution in [0.25, 0.3) is 21.9 Å². The van der Waals surface area contributed by atoms with Gasteiger partial charge in [-0.05, 0) is 53.0 Å². The third-order valence-electron chi connectivity index (χ3n) is 5.73. The number of rotatable bonds is 7. The van der Waals surface area contributed by atoms with E-state index >= 15 is 0 Å². The highest BCUT2D eigenvalue weighted by Gasteiger charge is 2.19. The number of anilines is 1. The molecule has 180 valence electrons. The first-order valence-corrected chi connectivity index (χ1v) is 12.3. The molecule has 5 nitrogen and oxygen atoms in total. The molecule has 0 aliphatic heterocycles. The second-order valence-electron chi connectivity index (χ2n) is 9.29. The molecular formula is C29H30N2O3S. The number of thiazole rings is 1. The first-order valence-electron chi connectivity index (χ1n) is 11.5. The Labute approximate surface area is 210 Å². The quantitative estimate of drug-likeness (QED) is 0.301. The van der Waals surface area contributed by atoms with E-state index in [-0.39, 0.29) is 17.7 Å². The van der Waals surface area contributed by atoms with Gasteiger partial charge in [0.15, 0.2) is 0 Å². The van der Waals surface area contributed by atoms with E-state index in [1.54, 1.807) is 25.6 Å². The van der Waals surface area contributed by atoms with Crippen LogP contribution >= 0.6 is 11.3 Å². The highest BCUT2D eigenvalue weighted by molar-refractivity contribution is 7.19. The molecule has 35 heavy (non-hydrogen) atoms. The second kappa shape index (κ2) is 10.3. The molecule has 0 saturated heterocycles. The van der Waals surface area contributed by atoms with Crippen molar-refractivity contribution in [2.24, 2.45) is 0 Å². The van der Waals surface area contributed by atoms with Gasteiger partial charge in [-0.25, -0.2) is 4.98 Å². The topological polar surface area (TPSA) is 60.5 Å². The molecule has 4 rings (SSSR count). The summed E-state index contributed by atoms with van der Waals surface area (Å²) in [5, 5.41) is 3.87. The Morgan fingerprint density at radius 1 is 0.971 bits per heavy atom. The van der Waals surface area contributed by atoms with Gasteiger partial charge in [-0.2, -0.15) is 0 Å². The highest BCUT2D eigenvalue weighted by Crippen LogP contribution is 2.34. The summed E-state index contributed by atoms with van der Waals surface area (Å²) in [5.74, 6) is 1.22. The van der Waals surface area contributed by atoms with E-state index in [4.69, 9.17) is 14.5 Å². The first-order chi connectivity index (χ1) is 16.8. The fraction of sp³-hybridized carbons (Fsp3) is 0.241. The maximum absolute atomic E-state index is 13.3. The van der Waals surface area contributed by atoms with Crippen LogP contribution in [0.4, 0.5) is 5.69 Å². The molecule has 0 unspecified atom stereocenters. The average Bonchev–Trinajstić information content (AvgIpc) is 3.27. The van der Waals surface area contributed by atoms with Crippen LogP contribution in [0.2, 0.25) is 0 Å². The zero-order chi connectivity index (χ0) is 25.0. The number of aromatic nitrogens is 1. The summed E-state index contributed by atoms with van der Waals surface area (Å²) in [6.45, 7) is 6.42. The Morgan fingerprint density at radius 3 is 2.40 bits per heavy atom. The maximum atomic E-state index is 13.3. The van der Waals surface area contributed by atoms with Crippen molar-refractivity contribution in [3.05, 3.63) is 82.9 Å². The third-order valence-corrected chi connectivity index (χ3v) is 6.84. The zero-order valence-electron chi connectivity index (χ0n) is 20.7. The van der Waals surface area contributed by atoms with Gasteiger partial charge in [-0.3, -0.25) is 4.79 Å². The number of amides is 1. The molecule has 0 saturated carbocycles. The molecule has 4 aromatic rings. The minimum atomic E-state index is -0.144. The van der Waals surface area contributed by atoms with Gasteiger partial charge >= 0.3 is 0 Å². The molecule has 6 heteroatoms. The molecule has 0 spiro atoms. The van der Waals surface area contributed by atoms with Crippen molar-refractivity contribution in [1.82, 2.24) is 4.98 Å². The summed E-state index contributed by atoms with van der Waals surface area (Å²) in [7, 11) is 3.25. The normalized spacial score (nSPS) is 12.0. The molecule has 1 N–H and O–H groups in total. The van der Waals surface area contributed by atoms with E-state index in [0.29, 0.717) is 11.4 Å². The number of para-hydroxylation sites is 2. The van der Waals surface area contributed by atoms with Gasteiger partial charge in [0.25, 0.3) is 0 Å². The average molecular weight is 487 g/mol. The SMILES string of the molecule is COc1ccccc1/C=C(/CC(=O)Nc1cc(C(C)(C)C)ccc1OC)c1nc2ccccc2s1. The van der Waals surface area contributed by atoms with Crippen LogP contribution in [-0.2, 0) is 10.2 Å². The van der Waals surface area contributed by atoms with Crippen LogP contribution in [0.3, 0.4) is 0 Å². The van der Waals surface area contributed by atoms with Crippen LogP contribution in [-0.4, -0.2) is 25.1 Å². The standard InChI is InChI=1S/C29H30N2O3S/c1-29(2,3)21-14-15-25(34-5)23(18-21)30-27(32)17-20(16-19-10-6-8-12-24(19)33-4)28-31-22-11-7-9-13-26(22)35-28/h6-16,18H,17H2,1-5H3,(H,30,32)/b20-16-. The maximum Gasteiger partial charge on any atom is 0.229 e. The number of ether oxygens (including phenoxy) is 2. The molecule has 0 aliphatic rings. The fourth-order valence-electron chi connectivity index (χ4n) is 3.81.